The zero-order chi connectivity index (χ0) is 9.56. The molecule has 4 N–H and O–H groups in total. The van der Waals surface area contributed by atoms with Crippen molar-refractivity contribution in [1.29, 1.82) is 5.41 Å². The van der Waals surface area contributed by atoms with Crippen LogP contribution in [0.3, 0.4) is 0 Å². The Morgan fingerprint density at radius 3 is 2.33 bits per heavy atom. The number of nitrogens with one attached hydrogen (secondary N) is 2. The van der Waals surface area contributed by atoms with Gasteiger partial charge in [-0.15, -0.1) is 0 Å². The molecule has 0 atom stereocenters. The molecule has 0 unspecified atom stereocenters. The van der Waals surface area contributed by atoms with Crippen LogP contribution in [0, 0.1) is 5.41 Å². The molecule has 2 amide bonds. The Bertz CT molecular complexity index is 165. The van der Waals surface area contributed by atoms with E-state index in [2.05, 4.69) is 5.32 Å². The van der Waals surface area contributed by atoms with E-state index in [1.54, 1.807) is 4.90 Å². The van der Waals surface area contributed by atoms with E-state index in [9.17, 15) is 4.79 Å². The molecule has 70 valence electrons. The Hall–Kier alpha value is -1.26. The summed E-state index contributed by atoms with van der Waals surface area (Å²) in [6.07, 6.45) is 0. The molecular formula is C7H16N4O. The van der Waals surface area contributed by atoms with E-state index < -0.39 is 0 Å². The number of carbonyl (C=O) groups excluding carboxylic acids is 1. The van der Waals surface area contributed by atoms with Gasteiger partial charge in [-0.25, -0.2) is 4.79 Å². The number of hydrogen-bond acceptors (Lipinski definition) is 2. The van der Waals surface area contributed by atoms with Crippen molar-refractivity contribution in [2.45, 2.75) is 13.8 Å². The summed E-state index contributed by atoms with van der Waals surface area (Å²) in [5, 5.41) is 9.41. The largest absolute Gasteiger partial charge is 0.386 e. The van der Waals surface area contributed by atoms with E-state index in [0.717, 1.165) is 0 Å². The van der Waals surface area contributed by atoms with Gasteiger partial charge in [-0.3, -0.25) is 5.41 Å². The lowest BCUT2D eigenvalue weighted by Gasteiger charge is -2.18. The summed E-state index contributed by atoms with van der Waals surface area (Å²) in [5.74, 6) is -0.0319. The zero-order valence-corrected chi connectivity index (χ0v) is 7.55. The Balaban J connectivity index is 3.77. The lowest BCUT2D eigenvalue weighted by molar-refractivity contribution is 0.204. The SMILES string of the molecule is CCN(CC)C(=O)NCC(=N)N. The maximum Gasteiger partial charge on any atom is 0.317 e. The molecule has 0 fully saturated rings. The van der Waals surface area contributed by atoms with Crippen molar-refractivity contribution in [3.8, 4) is 0 Å². The molecule has 0 aliphatic carbocycles. The molecule has 0 saturated carbocycles. The molecule has 0 heterocycles. The first-order valence-electron chi connectivity index (χ1n) is 3.97. The summed E-state index contributed by atoms with van der Waals surface area (Å²) in [4.78, 5) is 12.8. The summed E-state index contributed by atoms with van der Waals surface area (Å²) in [5.41, 5.74) is 5.07. The van der Waals surface area contributed by atoms with Crippen LogP contribution < -0.4 is 11.1 Å². The average Bonchev–Trinajstić information content (AvgIpc) is 2.03. The first-order chi connectivity index (χ1) is 5.61. The number of hydrogen-bond donors (Lipinski definition) is 3. The van der Waals surface area contributed by atoms with E-state index in [0.29, 0.717) is 13.1 Å². The molecule has 0 saturated heterocycles. The minimum Gasteiger partial charge on any atom is -0.386 e. The monoisotopic (exact) mass is 172 g/mol. The van der Waals surface area contributed by atoms with Crippen LogP contribution >= 0.6 is 0 Å². The highest BCUT2D eigenvalue weighted by Gasteiger charge is 2.07. The second kappa shape index (κ2) is 5.40. The molecule has 0 aromatic heterocycles. The van der Waals surface area contributed by atoms with E-state index in [4.69, 9.17) is 11.1 Å². The summed E-state index contributed by atoms with van der Waals surface area (Å²) < 4.78 is 0. The number of amides is 2. The van der Waals surface area contributed by atoms with Gasteiger partial charge in [0.05, 0.1) is 6.54 Å². The third-order valence-corrected chi connectivity index (χ3v) is 1.48. The Morgan fingerprint density at radius 1 is 1.50 bits per heavy atom. The quantitative estimate of drug-likeness (QED) is 0.411. The van der Waals surface area contributed by atoms with Crippen molar-refractivity contribution in [3.05, 3.63) is 0 Å². The number of urea groups is 1. The van der Waals surface area contributed by atoms with Gasteiger partial charge in [0.2, 0.25) is 0 Å². The predicted octanol–water partition coefficient (Wildman–Crippen LogP) is -0.0262. The highest BCUT2D eigenvalue weighted by Crippen LogP contribution is 1.86. The van der Waals surface area contributed by atoms with Gasteiger partial charge >= 0.3 is 6.03 Å². The Morgan fingerprint density at radius 2 is 2.00 bits per heavy atom. The Labute approximate surface area is 72.4 Å². The molecule has 5 heteroatoms. The van der Waals surface area contributed by atoms with Crippen LogP contribution in [-0.4, -0.2) is 36.4 Å². The maximum absolute atomic E-state index is 11.2. The van der Waals surface area contributed by atoms with E-state index >= 15 is 0 Å². The molecule has 0 aliphatic rings. The molecule has 5 nitrogen and oxygen atoms in total. The number of carbonyl (C=O) groups is 1. The first kappa shape index (κ1) is 10.7. The van der Waals surface area contributed by atoms with Crippen molar-refractivity contribution >= 4 is 11.9 Å². The number of nitrogens with two attached hydrogens (primary N) is 1. The number of rotatable bonds is 4. The number of amidine groups is 1. The minimum atomic E-state index is -0.171. The predicted molar refractivity (Wildman–Crippen MR) is 48.2 cm³/mol. The van der Waals surface area contributed by atoms with Crippen molar-refractivity contribution in [2.75, 3.05) is 19.6 Å². The lowest BCUT2D eigenvalue weighted by atomic mass is 10.5. The molecule has 0 rings (SSSR count). The lowest BCUT2D eigenvalue weighted by Crippen LogP contribution is -2.42. The van der Waals surface area contributed by atoms with Crippen LogP contribution in [0.5, 0.6) is 0 Å². The fourth-order valence-corrected chi connectivity index (χ4v) is 0.793. The maximum atomic E-state index is 11.2. The summed E-state index contributed by atoms with van der Waals surface area (Å²) in [7, 11) is 0. The second-order valence-corrected chi connectivity index (χ2v) is 2.36. The fraction of sp³-hybridized carbons (Fsp3) is 0.714. The van der Waals surface area contributed by atoms with Crippen LogP contribution in [0.2, 0.25) is 0 Å². The molecular weight excluding hydrogens is 156 g/mol. The highest BCUT2D eigenvalue weighted by atomic mass is 16.2. The third-order valence-electron chi connectivity index (χ3n) is 1.48. The van der Waals surface area contributed by atoms with Gasteiger partial charge in [0.15, 0.2) is 0 Å². The van der Waals surface area contributed by atoms with Crippen LogP contribution in [0.1, 0.15) is 13.8 Å². The van der Waals surface area contributed by atoms with Crippen molar-refractivity contribution in [3.63, 3.8) is 0 Å². The first-order valence-corrected chi connectivity index (χ1v) is 3.97. The number of nitrogens with zero attached hydrogens (tertiary/aromatic N) is 1. The van der Waals surface area contributed by atoms with Crippen LogP contribution in [-0.2, 0) is 0 Å². The van der Waals surface area contributed by atoms with E-state index in [-0.39, 0.29) is 18.4 Å². The van der Waals surface area contributed by atoms with E-state index in [1.807, 2.05) is 13.8 Å². The highest BCUT2D eigenvalue weighted by molar-refractivity contribution is 5.84. The molecule has 0 aromatic rings. The molecule has 0 bridgehead atoms. The second-order valence-electron chi connectivity index (χ2n) is 2.36. The molecule has 0 aliphatic heterocycles. The summed E-state index contributed by atoms with van der Waals surface area (Å²) >= 11 is 0. The third kappa shape index (κ3) is 3.80. The smallest absolute Gasteiger partial charge is 0.317 e. The van der Waals surface area contributed by atoms with Gasteiger partial charge in [0.25, 0.3) is 0 Å². The normalized spacial score (nSPS) is 9.17. The van der Waals surface area contributed by atoms with Crippen LogP contribution in [0.15, 0.2) is 0 Å². The van der Waals surface area contributed by atoms with Crippen LogP contribution in [0.25, 0.3) is 0 Å². The van der Waals surface area contributed by atoms with Crippen molar-refractivity contribution in [2.24, 2.45) is 5.73 Å². The zero-order valence-electron chi connectivity index (χ0n) is 7.55. The van der Waals surface area contributed by atoms with Gasteiger partial charge in [-0.05, 0) is 13.8 Å². The molecule has 0 aromatic carbocycles. The van der Waals surface area contributed by atoms with Gasteiger partial charge in [0, 0.05) is 13.1 Å². The minimum absolute atomic E-state index is 0.0319. The van der Waals surface area contributed by atoms with Crippen LogP contribution in [0.4, 0.5) is 4.79 Å². The van der Waals surface area contributed by atoms with E-state index in [1.165, 1.54) is 0 Å². The van der Waals surface area contributed by atoms with Crippen molar-refractivity contribution < 1.29 is 4.79 Å². The van der Waals surface area contributed by atoms with Crippen molar-refractivity contribution in [1.82, 2.24) is 10.2 Å². The van der Waals surface area contributed by atoms with Gasteiger partial charge < -0.3 is 16.0 Å². The van der Waals surface area contributed by atoms with Gasteiger partial charge in [-0.2, -0.15) is 0 Å². The average molecular weight is 172 g/mol. The van der Waals surface area contributed by atoms with Gasteiger partial charge in [0.1, 0.15) is 5.84 Å². The molecule has 12 heavy (non-hydrogen) atoms. The Kier molecular flexibility index (Phi) is 4.83. The molecule has 0 radical (unpaired) electrons. The fourth-order valence-electron chi connectivity index (χ4n) is 0.793. The van der Waals surface area contributed by atoms with Gasteiger partial charge in [-0.1, -0.05) is 0 Å². The molecule has 0 spiro atoms. The summed E-state index contributed by atoms with van der Waals surface area (Å²) in [6, 6.07) is -0.171. The standard InChI is InChI=1S/C7H16N4O/c1-3-11(4-2)7(12)10-5-6(8)9/h3-5H2,1-2H3,(H3,8,9)(H,10,12). The topological polar surface area (TPSA) is 82.2 Å². The summed E-state index contributed by atoms with van der Waals surface area (Å²) in [6.45, 7) is 5.25.